The lowest BCUT2D eigenvalue weighted by atomic mass is 9.77. The van der Waals surface area contributed by atoms with Crippen LogP contribution in [0.4, 0.5) is 8.78 Å². The van der Waals surface area contributed by atoms with Crippen LogP contribution in [-0.2, 0) is 11.2 Å². The zero-order chi connectivity index (χ0) is 13.8. The Morgan fingerprint density at radius 2 is 2.11 bits per heavy atom. The first-order chi connectivity index (χ1) is 9.10. The highest BCUT2D eigenvalue weighted by Crippen LogP contribution is 2.32. The van der Waals surface area contributed by atoms with E-state index in [-0.39, 0.29) is 23.7 Å². The van der Waals surface area contributed by atoms with Crippen molar-refractivity contribution in [1.82, 2.24) is 0 Å². The van der Waals surface area contributed by atoms with E-state index in [2.05, 4.69) is 6.92 Å². The number of hydrogen-bond acceptors (Lipinski definition) is 1. The monoisotopic (exact) mass is 266 g/mol. The van der Waals surface area contributed by atoms with Gasteiger partial charge in [0.1, 0.15) is 17.4 Å². The van der Waals surface area contributed by atoms with E-state index in [1.165, 1.54) is 6.42 Å². The van der Waals surface area contributed by atoms with Crippen LogP contribution in [0.2, 0.25) is 0 Å². The van der Waals surface area contributed by atoms with E-state index in [0.29, 0.717) is 5.92 Å². The van der Waals surface area contributed by atoms with Gasteiger partial charge in [0.2, 0.25) is 0 Å². The number of carbonyl (C=O) groups is 1. The molecule has 1 saturated carbocycles. The molecule has 1 nitrogen and oxygen atoms in total. The van der Waals surface area contributed by atoms with Crippen LogP contribution < -0.4 is 0 Å². The van der Waals surface area contributed by atoms with Gasteiger partial charge in [-0.3, -0.25) is 4.79 Å². The molecule has 1 aromatic carbocycles. The molecule has 0 spiro atoms. The third-order valence-electron chi connectivity index (χ3n) is 4.19. The molecule has 0 amide bonds. The van der Waals surface area contributed by atoms with Crippen LogP contribution in [0.25, 0.3) is 0 Å². The van der Waals surface area contributed by atoms with Gasteiger partial charge in [-0.25, -0.2) is 8.78 Å². The van der Waals surface area contributed by atoms with Gasteiger partial charge in [-0.15, -0.1) is 0 Å². The highest BCUT2D eigenvalue weighted by molar-refractivity contribution is 5.83. The molecule has 2 atom stereocenters. The number of ketones is 1. The minimum absolute atomic E-state index is 0.0185. The molecule has 2 rings (SSSR count). The summed E-state index contributed by atoms with van der Waals surface area (Å²) in [4.78, 5) is 12.2. The SMILES string of the molecule is CCC1CCCC(C(=O)Cc2cc(F)ccc2F)C1. The Balaban J connectivity index is 2.02. The molecule has 0 N–H and O–H groups in total. The fourth-order valence-corrected chi connectivity index (χ4v) is 2.97. The molecular formula is C16H20F2O. The van der Waals surface area contributed by atoms with Crippen molar-refractivity contribution in [1.29, 1.82) is 0 Å². The van der Waals surface area contributed by atoms with E-state index < -0.39 is 11.6 Å². The average Bonchev–Trinajstić information content (AvgIpc) is 2.43. The number of carbonyl (C=O) groups excluding carboxylic acids is 1. The Morgan fingerprint density at radius 1 is 1.32 bits per heavy atom. The third-order valence-corrected chi connectivity index (χ3v) is 4.19. The Labute approximate surface area is 113 Å². The highest BCUT2D eigenvalue weighted by atomic mass is 19.1. The van der Waals surface area contributed by atoms with Crippen LogP contribution in [0.1, 0.15) is 44.6 Å². The van der Waals surface area contributed by atoms with Gasteiger partial charge >= 0.3 is 0 Å². The Morgan fingerprint density at radius 3 is 2.84 bits per heavy atom. The average molecular weight is 266 g/mol. The summed E-state index contributed by atoms with van der Waals surface area (Å²) in [5.74, 6) is -0.277. The topological polar surface area (TPSA) is 17.1 Å². The maximum Gasteiger partial charge on any atom is 0.140 e. The van der Waals surface area contributed by atoms with Crippen molar-refractivity contribution in [2.45, 2.75) is 45.4 Å². The second-order valence-electron chi connectivity index (χ2n) is 5.52. The second-order valence-corrected chi connectivity index (χ2v) is 5.52. The number of halogens is 2. The third kappa shape index (κ3) is 3.62. The van der Waals surface area contributed by atoms with Gasteiger partial charge in [-0.2, -0.15) is 0 Å². The number of hydrogen-bond donors (Lipinski definition) is 0. The zero-order valence-corrected chi connectivity index (χ0v) is 11.3. The second kappa shape index (κ2) is 6.27. The molecule has 0 aliphatic heterocycles. The van der Waals surface area contributed by atoms with E-state index in [1.54, 1.807) is 0 Å². The largest absolute Gasteiger partial charge is 0.299 e. The molecular weight excluding hydrogens is 246 g/mol. The van der Waals surface area contributed by atoms with Crippen LogP contribution in [0.15, 0.2) is 18.2 Å². The Kier molecular flexibility index (Phi) is 4.67. The molecule has 104 valence electrons. The van der Waals surface area contributed by atoms with Gasteiger partial charge in [0.15, 0.2) is 0 Å². The van der Waals surface area contributed by atoms with E-state index in [9.17, 15) is 13.6 Å². The van der Waals surface area contributed by atoms with E-state index >= 15 is 0 Å². The molecule has 0 saturated heterocycles. The van der Waals surface area contributed by atoms with Crippen molar-refractivity contribution >= 4 is 5.78 Å². The van der Waals surface area contributed by atoms with Crippen molar-refractivity contribution < 1.29 is 13.6 Å². The summed E-state index contributed by atoms with van der Waals surface area (Å²) in [7, 11) is 0. The van der Waals surface area contributed by atoms with Crippen molar-refractivity contribution in [3.8, 4) is 0 Å². The van der Waals surface area contributed by atoms with Crippen molar-refractivity contribution in [3.63, 3.8) is 0 Å². The molecule has 1 aromatic rings. The molecule has 0 bridgehead atoms. The van der Waals surface area contributed by atoms with Gasteiger partial charge < -0.3 is 0 Å². The number of rotatable bonds is 4. The highest BCUT2D eigenvalue weighted by Gasteiger charge is 2.26. The summed E-state index contributed by atoms with van der Waals surface area (Å²) < 4.78 is 26.6. The first-order valence-corrected chi connectivity index (χ1v) is 7.06. The standard InChI is InChI=1S/C16H20F2O/c1-2-11-4-3-5-12(8-11)16(19)10-13-9-14(17)6-7-15(13)18/h6-7,9,11-12H,2-5,8,10H2,1H3. The van der Waals surface area contributed by atoms with Crippen molar-refractivity contribution in [2.24, 2.45) is 11.8 Å². The predicted molar refractivity (Wildman–Crippen MR) is 70.8 cm³/mol. The quantitative estimate of drug-likeness (QED) is 0.794. The first kappa shape index (κ1) is 14.2. The zero-order valence-electron chi connectivity index (χ0n) is 11.3. The maximum absolute atomic E-state index is 13.5. The lowest BCUT2D eigenvalue weighted by Gasteiger charge is -2.27. The molecule has 19 heavy (non-hydrogen) atoms. The molecule has 2 unspecified atom stereocenters. The van der Waals surface area contributed by atoms with Crippen LogP contribution in [0.5, 0.6) is 0 Å². The van der Waals surface area contributed by atoms with E-state index in [1.807, 2.05) is 0 Å². The lowest BCUT2D eigenvalue weighted by Crippen LogP contribution is -2.24. The van der Waals surface area contributed by atoms with Crippen LogP contribution in [0, 0.1) is 23.5 Å². The van der Waals surface area contributed by atoms with Crippen LogP contribution in [0.3, 0.4) is 0 Å². The normalized spacial score (nSPS) is 23.3. The van der Waals surface area contributed by atoms with Crippen molar-refractivity contribution in [2.75, 3.05) is 0 Å². The summed E-state index contributed by atoms with van der Waals surface area (Å²) in [6.07, 6.45) is 5.18. The van der Waals surface area contributed by atoms with Gasteiger partial charge in [-0.05, 0) is 42.5 Å². The van der Waals surface area contributed by atoms with Crippen LogP contribution >= 0.6 is 0 Å². The fraction of sp³-hybridized carbons (Fsp3) is 0.562. The van der Waals surface area contributed by atoms with Gasteiger partial charge in [0.05, 0.1) is 0 Å². The summed E-state index contributed by atoms with van der Waals surface area (Å²) in [6, 6.07) is 3.30. The minimum atomic E-state index is -0.488. The lowest BCUT2D eigenvalue weighted by molar-refractivity contribution is -0.123. The van der Waals surface area contributed by atoms with Gasteiger partial charge in [0.25, 0.3) is 0 Å². The van der Waals surface area contributed by atoms with E-state index in [0.717, 1.165) is 43.9 Å². The summed E-state index contributed by atoms with van der Waals surface area (Å²) in [6.45, 7) is 2.14. The molecule has 3 heteroatoms. The number of benzene rings is 1. The maximum atomic E-state index is 13.5. The van der Waals surface area contributed by atoms with E-state index in [4.69, 9.17) is 0 Å². The predicted octanol–water partition coefficient (Wildman–Crippen LogP) is 4.29. The molecule has 0 heterocycles. The molecule has 0 aromatic heterocycles. The Hall–Kier alpha value is -1.25. The first-order valence-electron chi connectivity index (χ1n) is 7.06. The van der Waals surface area contributed by atoms with Crippen LogP contribution in [-0.4, -0.2) is 5.78 Å². The molecule has 1 aliphatic carbocycles. The minimum Gasteiger partial charge on any atom is -0.299 e. The van der Waals surface area contributed by atoms with Gasteiger partial charge in [0, 0.05) is 12.3 Å². The summed E-state index contributed by atoms with van der Waals surface area (Å²) >= 11 is 0. The molecule has 1 fully saturated rings. The smallest absolute Gasteiger partial charge is 0.140 e. The molecule has 0 radical (unpaired) electrons. The number of Topliss-reactive ketones (excluding diaryl/α,β-unsaturated/α-hetero) is 1. The summed E-state index contributed by atoms with van der Waals surface area (Å²) in [5.41, 5.74) is 0.184. The molecule has 1 aliphatic rings. The van der Waals surface area contributed by atoms with Gasteiger partial charge in [-0.1, -0.05) is 26.2 Å². The Bertz CT molecular complexity index is 456. The fourth-order valence-electron chi connectivity index (χ4n) is 2.97. The van der Waals surface area contributed by atoms with Crippen molar-refractivity contribution in [3.05, 3.63) is 35.4 Å². The summed E-state index contributed by atoms with van der Waals surface area (Å²) in [5, 5.41) is 0.